The Kier molecular flexibility index (Phi) is 7.39. The minimum absolute atomic E-state index is 0.335. The van der Waals surface area contributed by atoms with Crippen LogP contribution in [0.15, 0.2) is 24.4 Å². The van der Waals surface area contributed by atoms with Gasteiger partial charge in [-0.15, -0.1) is 0 Å². The highest BCUT2D eigenvalue weighted by atomic mass is 19.4. The third-order valence-corrected chi connectivity index (χ3v) is 4.41. The maximum absolute atomic E-state index is 13.5. The highest BCUT2D eigenvalue weighted by molar-refractivity contribution is 5.95. The lowest BCUT2D eigenvalue weighted by atomic mass is 10.1. The van der Waals surface area contributed by atoms with Gasteiger partial charge >= 0.3 is 6.18 Å². The highest BCUT2D eigenvalue weighted by Crippen LogP contribution is 2.34. The zero-order valence-corrected chi connectivity index (χ0v) is 18.0. The van der Waals surface area contributed by atoms with Crippen molar-refractivity contribution in [1.82, 2.24) is 15.1 Å². The molecule has 0 fully saturated rings. The van der Waals surface area contributed by atoms with Gasteiger partial charge in [0.1, 0.15) is 0 Å². The van der Waals surface area contributed by atoms with Gasteiger partial charge in [0.2, 0.25) is 0 Å². The molecule has 2 aromatic rings. The van der Waals surface area contributed by atoms with Gasteiger partial charge in [0, 0.05) is 6.04 Å². The molecule has 0 saturated heterocycles. The summed E-state index contributed by atoms with van der Waals surface area (Å²) in [5.74, 6) is 0.534. The number of halogens is 3. The molecule has 1 amide bonds. The summed E-state index contributed by atoms with van der Waals surface area (Å²) >= 11 is 0. The van der Waals surface area contributed by atoms with E-state index in [0.717, 1.165) is 10.9 Å². The van der Waals surface area contributed by atoms with Crippen LogP contribution in [-0.4, -0.2) is 29.4 Å². The monoisotopic (exact) mass is 427 g/mol. The van der Waals surface area contributed by atoms with E-state index in [9.17, 15) is 18.0 Å². The maximum Gasteiger partial charge on any atom is 0.433 e. The van der Waals surface area contributed by atoms with Crippen molar-refractivity contribution in [1.29, 1.82) is 0 Å². The number of ether oxygens (including phenoxy) is 2. The van der Waals surface area contributed by atoms with E-state index >= 15 is 0 Å². The van der Waals surface area contributed by atoms with Gasteiger partial charge < -0.3 is 14.8 Å². The number of hydrogen-bond donors (Lipinski definition) is 1. The predicted molar refractivity (Wildman–Crippen MR) is 107 cm³/mol. The molecule has 1 N–H and O–H groups in total. The van der Waals surface area contributed by atoms with Gasteiger partial charge in [-0.2, -0.15) is 18.3 Å². The molecule has 6 nitrogen and oxygen atoms in total. The molecule has 1 atom stereocenters. The second-order valence-electron chi connectivity index (χ2n) is 7.75. The van der Waals surface area contributed by atoms with E-state index in [1.165, 1.54) is 7.11 Å². The molecule has 9 heteroatoms. The van der Waals surface area contributed by atoms with Crippen LogP contribution in [-0.2, 0) is 6.18 Å². The minimum atomic E-state index is -4.70. The first-order valence-electron chi connectivity index (χ1n) is 9.72. The molecular formula is C21H28F3N3O3. The molecule has 0 aliphatic rings. The molecule has 2 rings (SSSR count). The Labute approximate surface area is 174 Å². The number of benzene rings is 1. The normalized spacial score (nSPS) is 12.9. The van der Waals surface area contributed by atoms with Crippen LogP contribution in [0.4, 0.5) is 13.2 Å². The van der Waals surface area contributed by atoms with Crippen molar-refractivity contribution in [3.05, 3.63) is 41.2 Å². The van der Waals surface area contributed by atoms with Gasteiger partial charge in [0.05, 0.1) is 31.5 Å². The standard InChI is InChI=1S/C21H28F3N3O3/c1-12(2)11-30-17-8-7-15(9-18(17)29-6)14(5)26-20(28)16-10-25-27(13(3)4)19(16)21(22,23)24/h7-10,12-14H,11H2,1-6H3,(H,26,28)/t14-/m0/s1. The number of rotatable bonds is 8. The van der Waals surface area contributed by atoms with Gasteiger partial charge in [-0.1, -0.05) is 19.9 Å². The number of methoxy groups -OCH3 is 1. The molecule has 30 heavy (non-hydrogen) atoms. The predicted octanol–water partition coefficient (Wildman–Crippen LogP) is 5.02. The van der Waals surface area contributed by atoms with Crippen molar-refractivity contribution >= 4 is 5.91 Å². The molecule has 0 spiro atoms. The molecule has 0 radical (unpaired) electrons. The second kappa shape index (κ2) is 9.40. The molecule has 0 saturated carbocycles. The third-order valence-electron chi connectivity index (χ3n) is 4.41. The van der Waals surface area contributed by atoms with Gasteiger partial charge in [0.25, 0.3) is 5.91 Å². The topological polar surface area (TPSA) is 65.4 Å². The summed E-state index contributed by atoms with van der Waals surface area (Å²) < 4.78 is 52.4. The first-order valence-corrected chi connectivity index (χ1v) is 9.72. The van der Waals surface area contributed by atoms with Crippen molar-refractivity contribution in [2.75, 3.05) is 13.7 Å². The summed E-state index contributed by atoms with van der Waals surface area (Å²) in [6, 6.07) is 4.06. The lowest BCUT2D eigenvalue weighted by Crippen LogP contribution is -2.29. The number of aromatic nitrogens is 2. The molecule has 1 aromatic heterocycles. The van der Waals surface area contributed by atoms with Gasteiger partial charge in [0.15, 0.2) is 17.2 Å². The van der Waals surface area contributed by atoms with E-state index in [1.807, 2.05) is 13.8 Å². The minimum Gasteiger partial charge on any atom is -0.493 e. The van der Waals surface area contributed by atoms with Crippen molar-refractivity contribution in [3.63, 3.8) is 0 Å². The molecular weight excluding hydrogens is 399 g/mol. The highest BCUT2D eigenvalue weighted by Gasteiger charge is 2.40. The van der Waals surface area contributed by atoms with Crippen LogP contribution in [0.25, 0.3) is 0 Å². The molecule has 1 aromatic carbocycles. The lowest BCUT2D eigenvalue weighted by molar-refractivity contribution is -0.145. The number of nitrogens with zero attached hydrogens (tertiary/aromatic N) is 2. The van der Waals surface area contributed by atoms with Gasteiger partial charge in [-0.3, -0.25) is 9.48 Å². The molecule has 0 aliphatic heterocycles. The van der Waals surface area contributed by atoms with E-state index in [4.69, 9.17) is 9.47 Å². The van der Waals surface area contributed by atoms with Crippen molar-refractivity contribution in [2.45, 2.75) is 52.9 Å². The fourth-order valence-electron chi connectivity index (χ4n) is 2.89. The molecule has 1 heterocycles. The average molecular weight is 427 g/mol. The smallest absolute Gasteiger partial charge is 0.433 e. The van der Waals surface area contributed by atoms with Crippen LogP contribution >= 0.6 is 0 Å². The molecule has 0 bridgehead atoms. The summed E-state index contributed by atoms with van der Waals surface area (Å²) in [7, 11) is 1.50. The summed E-state index contributed by atoms with van der Waals surface area (Å²) in [5.41, 5.74) is -0.897. The van der Waals surface area contributed by atoms with E-state index in [1.54, 1.807) is 39.0 Å². The van der Waals surface area contributed by atoms with Gasteiger partial charge in [-0.05, 0) is 44.4 Å². The SMILES string of the molecule is COc1cc([C@H](C)NC(=O)c2cnn(C(C)C)c2C(F)(F)F)ccc1OCC(C)C. The first-order chi connectivity index (χ1) is 14.0. The fraction of sp³-hybridized carbons (Fsp3) is 0.524. The zero-order chi connectivity index (χ0) is 22.6. The van der Waals surface area contributed by atoms with Crippen LogP contribution in [0, 0.1) is 5.92 Å². The quantitative estimate of drug-likeness (QED) is 0.643. The number of carbonyl (C=O) groups excluding carboxylic acids is 1. The number of carbonyl (C=O) groups is 1. The molecule has 166 valence electrons. The van der Waals surface area contributed by atoms with Crippen LogP contribution in [0.3, 0.4) is 0 Å². The van der Waals surface area contributed by atoms with E-state index in [-0.39, 0.29) is 0 Å². The summed E-state index contributed by atoms with van der Waals surface area (Å²) in [4.78, 5) is 12.6. The summed E-state index contributed by atoms with van der Waals surface area (Å²) in [6.45, 7) is 9.39. The Bertz CT molecular complexity index is 876. The Balaban J connectivity index is 2.24. The Morgan fingerprint density at radius 3 is 2.37 bits per heavy atom. The number of amides is 1. The lowest BCUT2D eigenvalue weighted by Gasteiger charge is -2.19. The fourth-order valence-corrected chi connectivity index (χ4v) is 2.89. The van der Waals surface area contributed by atoms with Crippen LogP contribution in [0.5, 0.6) is 11.5 Å². The van der Waals surface area contributed by atoms with Crippen molar-refractivity contribution in [2.24, 2.45) is 5.92 Å². The number of hydrogen-bond acceptors (Lipinski definition) is 4. The summed E-state index contributed by atoms with van der Waals surface area (Å²) in [6.07, 6.45) is -3.75. The number of alkyl halides is 3. The van der Waals surface area contributed by atoms with Crippen LogP contribution < -0.4 is 14.8 Å². The van der Waals surface area contributed by atoms with E-state index in [2.05, 4.69) is 10.4 Å². The third kappa shape index (κ3) is 5.46. The molecule has 0 aliphatic carbocycles. The summed E-state index contributed by atoms with van der Waals surface area (Å²) in [5, 5.41) is 6.37. The van der Waals surface area contributed by atoms with Crippen molar-refractivity contribution < 1.29 is 27.4 Å². The number of nitrogens with one attached hydrogen (secondary N) is 1. The maximum atomic E-state index is 13.5. The van der Waals surface area contributed by atoms with Gasteiger partial charge in [-0.25, -0.2) is 0 Å². The largest absolute Gasteiger partial charge is 0.493 e. The Morgan fingerprint density at radius 2 is 1.83 bits per heavy atom. The molecule has 0 unspecified atom stereocenters. The first kappa shape index (κ1) is 23.6. The van der Waals surface area contributed by atoms with Crippen LogP contribution in [0.1, 0.15) is 68.3 Å². The zero-order valence-electron chi connectivity index (χ0n) is 18.0. The Morgan fingerprint density at radius 1 is 1.17 bits per heavy atom. The van der Waals surface area contributed by atoms with E-state index in [0.29, 0.717) is 29.6 Å². The second-order valence-corrected chi connectivity index (χ2v) is 7.75. The van der Waals surface area contributed by atoms with Crippen LogP contribution in [0.2, 0.25) is 0 Å². The van der Waals surface area contributed by atoms with E-state index < -0.39 is 35.4 Å². The Hall–Kier alpha value is -2.71. The average Bonchev–Trinajstić information content (AvgIpc) is 3.12. The van der Waals surface area contributed by atoms with Crippen molar-refractivity contribution in [3.8, 4) is 11.5 Å².